The number of hydrogen-bond donors (Lipinski definition) is 1. The fraction of sp³-hybridized carbons (Fsp3) is 0.0714. The smallest absolute Gasteiger partial charge is 0.228 e. The van der Waals surface area contributed by atoms with Gasteiger partial charge < -0.3 is 5.32 Å². The molecular weight excluding hydrogens is 226 g/mol. The van der Waals surface area contributed by atoms with Crippen molar-refractivity contribution in [3.05, 3.63) is 59.9 Å². The van der Waals surface area contributed by atoms with Gasteiger partial charge in [-0.2, -0.15) is 5.26 Å². The molecule has 2 aromatic rings. The lowest BCUT2D eigenvalue weighted by atomic mass is 10.2. The summed E-state index contributed by atoms with van der Waals surface area (Å²) in [6.07, 6.45) is 3.59. The molecule has 0 aliphatic rings. The van der Waals surface area contributed by atoms with Crippen molar-refractivity contribution in [3.8, 4) is 6.07 Å². The van der Waals surface area contributed by atoms with Gasteiger partial charge >= 0.3 is 0 Å². The zero-order chi connectivity index (χ0) is 12.8. The molecule has 0 atom stereocenters. The van der Waals surface area contributed by atoms with Gasteiger partial charge in [0.2, 0.25) is 5.91 Å². The average molecular weight is 237 g/mol. The Kier molecular flexibility index (Phi) is 3.67. The van der Waals surface area contributed by atoms with Gasteiger partial charge in [0.15, 0.2) is 0 Å². The molecule has 4 heteroatoms. The van der Waals surface area contributed by atoms with Crippen molar-refractivity contribution < 1.29 is 4.79 Å². The maximum atomic E-state index is 11.8. The van der Waals surface area contributed by atoms with Gasteiger partial charge in [-0.3, -0.25) is 9.78 Å². The van der Waals surface area contributed by atoms with Gasteiger partial charge in [0.1, 0.15) is 0 Å². The van der Waals surface area contributed by atoms with Gasteiger partial charge in [0.25, 0.3) is 0 Å². The third-order valence-corrected chi connectivity index (χ3v) is 2.36. The van der Waals surface area contributed by atoms with E-state index in [-0.39, 0.29) is 12.3 Å². The Hall–Kier alpha value is -2.67. The number of benzene rings is 1. The molecule has 2 rings (SSSR count). The summed E-state index contributed by atoms with van der Waals surface area (Å²) in [4.78, 5) is 15.7. The summed E-state index contributed by atoms with van der Waals surface area (Å²) >= 11 is 0. The number of anilines is 1. The molecule has 0 aliphatic carbocycles. The van der Waals surface area contributed by atoms with Crippen molar-refractivity contribution in [1.82, 2.24) is 4.98 Å². The highest BCUT2D eigenvalue weighted by Gasteiger charge is 2.04. The van der Waals surface area contributed by atoms with Crippen LogP contribution in [0.2, 0.25) is 0 Å². The fourth-order valence-corrected chi connectivity index (χ4v) is 1.56. The zero-order valence-electron chi connectivity index (χ0n) is 9.63. The molecule has 88 valence electrons. The Bertz CT molecular complexity index is 587. The van der Waals surface area contributed by atoms with E-state index in [9.17, 15) is 4.79 Å². The van der Waals surface area contributed by atoms with Crippen LogP contribution in [-0.4, -0.2) is 10.9 Å². The van der Waals surface area contributed by atoms with Gasteiger partial charge in [0, 0.05) is 18.1 Å². The van der Waals surface area contributed by atoms with Crippen molar-refractivity contribution in [3.63, 3.8) is 0 Å². The molecule has 4 nitrogen and oxygen atoms in total. The molecule has 0 unspecified atom stereocenters. The van der Waals surface area contributed by atoms with E-state index >= 15 is 0 Å². The topological polar surface area (TPSA) is 65.8 Å². The van der Waals surface area contributed by atoms with Crippen LogP contribution >= 0.6 is 0 Å². The molecule has 0 saturated carbocycles. The minimum absolute atomic E-state index is 0.127. The predicted molar refractivity (Wildman–Crippen MR) is 67.7 cm³/mol. The van der Waals surface area contributed by atoms with E-state index in [4.69, 9.17) is 5.26 Å². The summed E-state index contributed by atoms with van der Waals surface area (Å²) in [5, 5.41) is 11.5. The van der Waals surface area contributed by atoms with E-state index in [2.05, 4.69) is 10.3 Å². The quantitative estimate of drug-likeness (QED) is 0.889. The largest absolute Gasteiger partial charge is 0.326 e. The number of nitrogens with one attached hydrogen (secondary N) is 1. The van der Waals surface area contributed by atoms with Crippen molar-refractivity contribution >= 4 is 11.6 Å². The molecule has 1 heterocycles. The molecule has 0 spiro atoms. The second-order valence-corrected chi connectivity index (χ2v) is 3.78. The SMILES string of the molecule is N#Cc1cccc(NC(=O)Cc2cccnc2)c1. The zero-order valence-corrected chi connectivity index (χ0v) is 9.63. The number of hydrogen-bond acceptors (Lipinski definition) is 3. The molecule has 0 saturated heterocycles. The number of rotatable bonds is 3. The number of pyridine rings is 1. The van der Waals surface area contributed by atoms with Gasteiger partial charge in [-0.1, -0.05) is 12.1 Å². The van der Waals surface area contributed by atoms with Crippen molar-refractivity contribution in [1.29, 1.82) is 5.26 Å². The number of amides is 1. The number of carbonyl (C=O) groups is 1. The summed E-state index contributed by atoms with van der Waals surface area (Å²) in [7, 11) is 0. The molecule has 0 aliphatic heterocycles. The van der Waals surface area contributed by atoms with E-state index in [1.54, 1.807) is 42.7 Å². The maximum Gasteiger partial charge on any atom is 0.228 e. The Morgan fingerprint density at radius 2 is 2.22 bits per heavy atom. The standard InChI is InChI=1S/C14H11N3O/c15-9-11-3-1-5-13(7-11)17-14(18)8-12-4-2-6-16-10-12/h1-7,10H,8H2,(H,17,18). The van der Waals surface area contributed by atoms with Crippen LogP contribution in [0.3, 0.4) is 0 Å². The number of nitriles is 1. The van der Waals surface area contributed by atoms with Gasteiger partial charge in [-0.15, -0.1) is 0 Å². The second kappa shape index (κ2) is 5.60. The lowest BCUT2D eigenvalue weighted by Gasteiger charge is -2.05. The highest BCUT2D eigenvalue weighted by Crippen LogP contribution is 2.10. The van der Waals surface area contributed by atoms with Gasteiger partial charge in [0.05, 0.1) is 18.1 Å². The summed E-state index contributed by atoms with van der Waals surface area (Å²) in [5.74, 6) is -0.127. The van der Waals surface area contributed by atoms with Crippen molar-refractivity contribution in [2.75, 3.05) is 5.32 Å². The Labute approximate surface area is 105 Å². The molecule has 0 fully saturated rings. The van der Waals surface area contributed by atoms with Crippen LogP contribution in [0.4, 0.5) is 5.69 Å². The first kappa shape index (κ1) is 11.8. The molecule has 1 aromatic carbocycles. The molecule has 18 heavy (non-hydrogen) atoms. The van der Waals surface area contributed by atoms with E-state index in [0.29, 0.717) is 11.3 Å². The van der Waals surface area contributed by atoms with Crippen LogP contribution in [0.25, 0.3) is 0 Å². The van der Waals surface area contributed by atoms with Crippen LogP contribution < -0.4 is 5.32 Å². The van der Waals surface area contributed by atoms with Crippen molar-refractivity contribution in [2.24, 2.45) is 0 Å². The lowest BCUT2D eigenvalue weighted by Crippen LogP contribution is -2.14. The first-order chi connectivity index (χ1) is 8.78. The summed E-state index contributed by atoms with van der Waals surface area (Å²) in [5.41, 5.74) is 2.00. The number of nitrogens with zero attached hydrogens (tertiary/aromatic N) is 2. The Morgan fingerprint density at radius 1 is 1.33 bits per heavy atom. The molecule has 1 amide bonds. The highest BCUT2D eigenvalue weighted by atomic mass is 16.1. The summed E-state index contributed by atoms with van der Waals surface area (Å²) in [6.45, 7) is 0. The van der Waals surface area contributed by atoms with Crippen LogP contribution in [-0.2, 0) is 11.2 Å². The molecule has 0 bridgehead atoms. The molecule has 1 N–H and O–H groups in total. The van der Waals surface area contributed by atoms with E-state index in [0.717, 1.165) is 5.56 Å². The van der Waals surface area contributed by atoms with Crippen LogP contribution in [0.15, 0.2) is 48.8 Å². The number of carbonyl (C=O) groups excluding carboxylic acids is 1. The second-order valence-electron chi connectivity index (χ2n) is 3.78. The maximum absolute atomic E-state index is 11.8. The van der Waals surface area contributed by atoms with Crippen molar-refractivity contribution in [2.45, 2.75) is 6.42 Å². The Balaban J connectivity index is 2.01. The average Bonchev–Trinajstić information content (AvgIpc) is 2.40. The summed E-state index contributed by atoms with van der Waals surface area (Å²) < 4.78 is 0. The first-order valence-electron chi connectivity index (χ1n) is 5.47. The van der Waals surface area contributed by atoms with E-state index in [1.807, 2.05) is 12.1 Å². The monoisotopic (exact) mass is 237 g/mol. The van der Waals surface area contributed by atoms with Crippen LogP contribution in [0.1, 0.15) is 11.1 Å². The fourth-order valence-electron chi connectivity index (χ4n) is 1.56. The third kappa shape index (κ3) is 3.16. The van der Waals surface area contributed by atoms with E-state index < -0.39 is 0 Å². The van der Waals surface area contributed by atoms with Crippen LogP contribution in [0, 0.1) is 11.3 Å². The highest BCUT2D eigenvalue weighted by molar-refractivity contribution is 5.92. The normalized spacial score (nSPS) is 9.50. The third-order valence-electron chi connectivity index (χ3n) is 2.36. The summed E-state index contributed by atoms with van der Waals surface area (Å²) in [6, 6.07) is 12.5. The molecular formula is C14H11N3O. The molecule has 0 radical (unpaired) electrons. The van der Waals surface area contributed by atoms with Gasteiger partial charge in [-0.05, 0) is 29.8 Å². The first-order valence-corrected chi connectivity index (χ1v) is 5.47. The minimum atomic E-state index is -0.127. The predicted octanol–water partition coefficient (Wildman–Crippen LogP) is 2.13. The lowest BCUT2D eigenvalue weighted by molar-refractivity contribution is -0.115. The molecule has 1 aromatic heterocycles. The van der Waals surface area contributed by atoms with Crippen LogP contribution in [0.5, 0.6) is 0 Å². The minimum Gasteiger partial charge on any atom is -0.326 e. The Morgan fingerprint density at radius 3 is 2.94 bits per heavy atom. The number of aromatic nitrogens is 1. The van der Waals surface area contributed by atoms with E-state index in [1.165, 1.54) is 0 Å². The van der Waals surface area contributed by atoms with Gasteiger partial charge in [-0.25, -0.2) is 0 Å².